The number of fused-ring (bicyclic) bond motifs is 1. The van der Waals surface area contributed by atoms with Crippen molar-refractivity contribution in [1.82, 2.24) is 9.97 Å². The first-order valence-corrected chi connectivity index (χ1v) is 12.0. The number of benzene rings is 2. The van der Waals surface area contributed by atoms with E-state index in [2.05, 4.69) is 31.2 Å². The van der Waals surface area contributed by atoms with Gasteiger partial charge in [-0.25, -0.2) is 9.97 Å². The monoisotopic (exact) mass is 479 g/mol. The number of para-hydroxylation sites is 2. The molecule has 2 aliphatic heterocycles. The summed E-state index contributed by atoms with van der Waals surface area (Å²) in [5.74, 6) is 3.20. The predicted molar refractivity (Wildman–Crippen MR) is 131 cm³/mol. The Morgan fingerprint density at radius 2 is 1.82 bits per heavy atom. The van der Waals surface area contributed by atoms with Gasteiger partial charge in [0, 0.05) is 44.0 Å². The topological polar surface area (TPSA) is 89.1 Å². The minimum Gasteiger partial charge on any atom is -0.495 e. The van der Waals surface area contributed by atoms with E-state index in [4.69, 9.17) is 14.2 Å². The van der Waals surface area contributed by atoms with Crippen LogP contribution in [0.4, 0.5) is 17.2 Å². The van der Waals surface area contributed by atoms with E-state index in [1.54, 1.807) is 31.6 Å². The third-order valence-electron chi connectivity index (χ3n) is 5.66. The van der Waals surface area contributed by atoms with Crippen molar-refractivity contribution in [2.45, 2.75) is 5.03 Å². The Kier molecular flexibility index (Phi) is 6.57. The first-order chi connectivity index (χ1) is 16.7. The first kappa shape index (κ1) is 22.1. The molecule has 1 saturated heterocycles. The first-order valence-electron chi connectivity index (χ1n) is 11.0. The molecule has 0 saturated carbocycles. The quantitative estimate of drug-likeness (QED) is 0.405. The molecule has 9 nitrogen and oxygen atoms in total. The van der Waals surface area contributed by atoms with Crippen molar-refractivity contribution >= 4 is 34.9 Å². The summed E-state index contributed by atoms with van der Waals surface area (Å²) in [4.78, 5) is 25.8. The number of methoxy groups -OCH3 is 1. The molecule has 1 aromatic heterocycles. The number of thioether (sulfide) groups is 1. The third-order valence-corrected chi connectivity index (χ3v) is 6.59. The molecule has 0 radical (unpaired) electrons. The molecule has 34 heavy (non-hydrogen) atoms. The minimum absolute atomic E-state index is 0.116. The van der Waals surface area contributed by atoms with E-state index in [-0.39, 0.29) is 18.5 Å². The highest BCUT2D eigenvalue weighted by Crippen LogP contribution is 2.34. The van der Waals surface area contributed by atoms with Gasteiger partial charge in [0.05, 0.1) is 18.6 Å². The van der Waals surface area contributed by atoms with E-state index >= 15 is 0 Å². The van der Waals surface area contributed by atoms with E-state index in [1.807, 2.05) is 24.3 Å². The van der Waals surface area contributed by atoms with Crippen LogP contribution in [0.5, 0.6) is 17.2 Å². The fraction of sp³-hybridized carbons (Fsp3) is 0.292. The summed E-state index contributed by atoms with van der Waals surface area (Å²) in [5.41, 5.74) is 1.78. The molecule has 3 heterocycles. The van der Waals surface area contributed by atoms with Gasteiger partial charge in [0.1, 0.15) is 22.9 Å². The SMILES string of the molecule is COc1ccccc1N1CCN(c2cc(SCC(=O)Nc3ccc4c(c3)OCO4)ncn2)CC1. The number of carbonyl (C=O) groups is 1. The van der Waals surface area contributed by atoms with Gasteiger partial charge in [-0.05, 0) is 24.3 Å². The number of piperazine rings is 1. The van der Waals surface area contributed by atoms with Gasteiger partial charge in [0.25, 0.3) is 0 Å². The normalized spacial score (nSPS) is 14.7. The number of nitrogens with zero attached hydrogens (tertiary/aromatic N) is 4. The van der Waals surface area contributed by atoms with Gasteiger partial charge in [-0.3, -0.25) is 4.79 Å². The van der Waals surface area contributed by atoms with Crippen LogP contribution in [-0.4, -0.2) is 61.7 Å². The Hall–Kier alpha value is -3.66. The van der Waals surface area contributed by atoms with Gasteiger partial charge in [-0.1, -0.05) is 23.9 Å². The van der Waals surface area contributed by atoms with E-state index in [0.29, 0.717) is 17.2 Å². The van der Waals surface area contributed by atoms with Crippen LogP contribution in [0.1, 0.15) is 0 Å². The van der Waals surface area contributed by atoms with Crippen molar-refractivity contribution in [2.75, 3.05) is 61.0 Å². The van der Waals surface area contributed by atoms with Crippen molar-refractivity contribution < 1.29 is 19.0 Å². The van der Waals surface area contributed by atoms with Crippen LogP contribution < -0.4 is 29.3 Å². The number of aromatic nitrogens is 2. The molecule has 1 N–H and O–H groups in total. The maximum absolute atomic E-state index is 12.4. The summed E-state index contributed by atoms with van der Waals surface area (Å²) < 4.78 is 16.2. The average molecular weight is 480 g/mol. The zero-order chi connectivity index (χ0) is 23.3. The highest BCUT2D eigenvalue weighted by molar-refractivity contribution is 7.99. The molecule has 1 fully saturated rings. The van der Waals surface area contributed by atoms with E-state index in [1.165, 1.54) is 11.8 Å². The Morgan fingerprint density at radius 3 is 2.68 bits per heavy atom. The Balaban J connectivity index is 1.15. The molecule has 2 aliphatic rings. The molecule has 0 bridgehead atoms. The van der Waals surface area contributed by atoms with Gasteiger partial charge >= 0.3 is 0 Å². The number of carbonyl (C=O) groups excluding carboxylic acids is 1. The van der Waals surface area contributed by atoms with Crippen molar-refractivity contribution in [1.29, 1.82) is 0 Å². The molecule has 176 valence electrons. The number of ether oxygens (including phenoxy) is 3. The lowest BCUT2D eigenvalue weighted by molar-refractivity contribution is -0.113. The standard InChI is InChI=1S/C24H25N5O4S/c1-31-19-5-3-2-4-18(19)28-8-10-29(11-9-28)22-13-24(26-15-25-22)34-14-23(30)27-17-6-7-20-21(12-17)33-16-32-20/h2-7,12-13,15H,8-11,14,16H2,1H3,(H,27,30). The number of rotatable bonds is 7. The zero-order valence-corrected chi connectivity index (χ0v) is 19.6. The smallest absolute Gasteiger partial charge is 0.234 e. The van der Waals surface area contributed by atoms with Crippen molar-refractivity contribution in [3.63, 3.8) is 0 Å². The summed E-state index contributed by atoms with van der Waals surface area (Å²) in [5, 5.41) is 3.65. The zero-order valence-electron chi connectivity index (χ0n) is 18.8. The highest BCUT2D eigenvalue weighted by atomic mass is 32.2. The van der Waals surface area contributed by atoms with Crippen LogP contribution >= 0.6 is 11.8 Å². The van der Waals surface area contributed by atoms with E-state index in [0.717, 1.165) is 48.5 Å². The van der Waals surface area contributed by atoms with Crippen molar-refractivity contribution in [3.8, 4) is 17.2 Å². The lowest BCUT2D eigenvalue weighted by Crippen LogP contribution is -2.47. The third kappa shape index (κ3) is 4.96. The molecular weight excluding hydrogens is 454 g/mol. The predicted octanol–water partition coefficient (Wildman–Crippen LogP) is 3.27. The maximum Gasteiger partial charge on any atom is 0.234 e. The Labute approximate surface area is 202 Å². The lowest BCUT2D eigenvalue weighted by Gasteiger charge is -2.37. The average Bonchev–Trinajstić information content (AvgIpc) is 3.36. The number of nitrogens with one attached hydrogen (secondary N) is 1. The van der Waals surface area contributed by atoms with Gasteiger partial charge in [0.2, 0.25) is 12.7 Å². The number of hydrogen-bond acceptors (Lipinski definition) is 9. The second kappa shape index (κ2) is 10.1. The maximum atomic E-state index is 12.4. The molecule has 0 spiro atoms. The summed E-state index contributed by atoms with van der Waals surface area (Å²) in [6, 6.07) is 15.4. The van der Waals surface area contributed by atoms with E-state index in [9.17, 15) is 4.79 Å². The minimum atomic E-state index is -0.116. The second-order valence-corrected chi connectivity index (χ2v) is 8.76. The molecule has 5 rings (SSSR count). The summed E-state index contributed by atoms with van der Waals surface area (Å²) in [6.07, 6.45) is 1.56. The molecule has 2 aromatic carbocycles. The van der Waals surface area contributed by atoms with Crippen LogP contribution in [0.25, 0.3) is 0 Å². The van der Waals surface area contributed by atoms with Gasteiger partial charge < -0.3 is 29.3 Å². The van der Waals surface area contributed by atoms with Gasteiger partial charge in [-0.2, -0.15) is 0 Å². The van der Waals surface area contributed by atoms with Crippen LogP contribution in [-0.2, 0) is 4.79 Å². The second-order valence-electron chi connectivity index (χ2n) is 7.77. The van der Waals surface area contributed by atoms with Crippen molar-refractivity contribution in [3.05, 3.63) is 54.9 Å². The van der Waals surface area contributed by atoms with Gasteiger partial charge in [0.15, 0.2) is 11.5 Å². The molecular formula is C24H25N5O4S. The molecule has 0 unspecified atom stereocenters. The molecule has 0 atom stereocenters. The molecule has 10 heteroatoms. The summed E-state index contributed by atoms with van der Waals surface area (Å²) >= 11 is 1.38. The number of hydrogen-bond donors (Lipinski definition) is 1. The molecule has 0 aliphatic carbocycles. The fourth-order valence-corrected chi connectivity index (χ4v) is 4.62. The van der Waals surface area contributed by atoms with Gasteiger partial charge in [-0.15, -0.1) is 0 Å². The summed E-state index contributed by atoms with van der Waals surface area (Å²) in [7, 11) is 1.70. The molecule has 1 amide bonds. The van der Waals surface area contributed by atoms with Crippen LogP contribution in [0.3, 0.4) is 0 Å². The largest absolute Gasteiger partial charge is 0.495 e. The Morgan fingerprint density at radius 1 is 1.03 bits per heavy atom. The Bertz CT molecular complexity index is 1170. The lowest BCUT2D eigenvalue weighted by atomic mass is 10.2. The fourth-order valence-electron chi connectivity index (χ4n) is 3.96. The van der Waals surface area contributed by atoms with Crippen molar-refractivity contribution in [2.24, 2.45) is 0 Å². The van der Waals surface area contributed by atoms with Crippen LogP contribution in [0.2, 0.25) is 0 Å². The number of amides is 1. The molecule has 3 aromatic rings. The van der Waals surface area contributed by atoms with E-state index < -0.39 is 0 Å². The summed E-state index contributed by atoms with van der Waals surface area (Å²) in [6.45, 7) is 3.61. The van der Waals surface area contributed by atoms with Crippen LogP contribution in [0.15, 0.2) is 59.9 Å². The highest BCUT2D eigenvalue weighted by Gasteiger charge is 2.21. The van der Waals surface area contributed by atoms with Crippen LogP contribution in [0, 0.1) is 0 Å². The number of anilines is 3.